The van der Waals surface area contributed by atoms with Crippen LogP contribution in [0.4, 0.5) is 0 Å². The zero-order chi connectivity index (χ0) is 15.4. The lowest BCUT2D eigenvalue weighted by Crippen LogP contribution is -2.27. The number of thioether (sulfide) groups is 2. The van der Waals surface area contributed by atoms with Gasteiger partial charge in [-0.25, -0.2) is 4.98 Å². The maximum absolute atomic E-state index is 4.20. The van der Waals surface area contributed by atoms with Crippen molar-refractivity contribution in [2.75, 3.05) is 5.75 Å². The minimum atomic E-state index is 0.242. The number of aryl methyl sites for hydroxylation is 1. The van der Waals surface area contributed by atoms with Gasteiger partial charge in [0, 0.05) is 29.9 Å². The molecule has 0 amide bonds. The highest BCUT2D eigenvalue weighted by Crippen LogP contribution is 2.50. The summed E-state index contributed by atoms with van der Waals surface area (Å²) in [6, 6.07) is 9.25. The second-order valence-electron chi connectivity index (χ2n) is 6.13. The summed E-state index contributed by atoms with van der Waals surface area (Å²) in [6.45, 7) is 5.61. The van der Waals surface area contributed by atoms with Crippen molar-refractivity contribution in [2.45, 2.75) is 49.0 Å². The van der Waals surface area contributed by atoms with Crippen LogP contribution in [-0.4, -0.2) is 24.6 Å². The molecule has 0 saturated carbocycles. The molecule has 0 spiro atoms. The molecule has 22 heavy (non-hydrogen) atoms. The molecule has 2 nitrogen and oxygen atoms in total. The van der Waals surface area contributed by atoms with Gasteiger partial charge in [0.1, 0.15) is 0 Å². The summed E-state index contributed by atoms with van der Waals surface area (Å²) in [5.41, 5.74) is 2.91. The minimum Gasteiger partial charge on any atom is -0.335 e. The van der Waals surface area contributed by atoms with Crippen LogP contribution < -0.4 is 0 Å². The summed E-state index contributed by atoms with van der Waals surface area (Å²) in [5.74, 6) is 1.24. The second kappa shape index (κ2) is 7.14. The molecule has 0 aliphatic carbocycles. The molecule has 1 aromatic carbocycles. The number of benzene rings is 1. The van der Waals surface area contributed by atoms with E-state index in [-0.39, 0.29) is 4.08 Å². The molecular formula is C18H24N2S2. The summed E-state index contributed by atoms with van der Waals surface area (Å²) in [7, 11) is 0. The summed E-state index contributed by atoms with van der Waals surface area (Å²) < 4.78 is 2.47. The van der Waals surface area contributed by atoms with Crippen LogP contribution in [0.15, 0.2) is 43.0 Å². The predicted octanol–water partition coefficient (Wildman–Crippen LogP) is 4.64. The Bertz CT molecular complexity index is 580. The topological polar surface area (TPSA) is 17.8 Å². The molecule has 2 aromatic rings. The fraction of sp³-hybridized carbons (Fsp3) is 0.500. The number of imidazole rings is 1. The van der Waals surface area contributed by atoms with E-state index < -0.39 is 0 Å². The molecule has 1 aliphatic heterocycles. The first-order valence-electron chi connectivity index (χ1n) is 8.04. The van der Waals surface area contributed by atoms with Gasteiger partial charge in [0.15, 0.2) is 0 Å². The van der Waals surface area contributed by atoms with Crippen molar-refractivity contribution in [3.8, 4) is 0 Å². The molecule has 0 radical (unpaired) electrons. The van der Waals surface area contributed by atoms with E-state index in [0.717, 1.165) is 18.2 Å². The van der Waals surface area contributed by atoms with Crippen LogP contribution in [0.1, 0.15) is 31.4 Å². The van der Waals surface area contributed by atoms with Crippen molar-refractivity contribution in [3.63, 3.8) is 0 Å². The molecular weight excluding hydrogens is 308 g/mol. The third-order valence-electron chi connectivity index (χ3n) is 4.01. The molecule has 1 fully saturated rings. The molecule has 1 saturated heterocycles. The molecule has 2 atom stereocenters. The van der Waals surface area contributed by atoms with Gasteiger partial charge in [0.25, 0.3) is 0 Å². The van der Waals surface area contributed by atoms with Gasteiger partial charge in [-0.15, -0.1) is 23.5 Å². The minimum absolute atomic E-state index is 0.242. The average Bonchev–Trinajstić information content (AvgIpc) is 3.12. The van der Waals surface area contributed by atoms with Gasteiger partial charge in [0.05, 0.1) is 10.4 Å². The van der Waals surface area contributed by atoms with Crippen molar-refractivity contribution in [1.29, 1.82) is 0 Å². The highest BCUT2D eigenvalue weighted by molar-refractivity contribution is 8.21. The first-order valence-corrected chi connectivity index (χ1v) is 9.91. The second-order valence-corrected chi connectivity index (χ2v) is 9.61. The summed E-state index contributed by atoms with van der Waals surface area (Å²) in [5, 5.41) is 0.730. The van der Waals surface area contributed by atoms with Crippen molar-refractivity contribution >= 4 is 23.5 Å². The van der Waals surface area contributed by atoms with E-state index in [1.54, 1.807) is 0 Å². The third-order valence-corrected chi connectivity index (χ3v) is 7.61. The van der Waals surface area contributed by atoms with Crippen molar-refractivity contribution < 1.29 is 0 Å². The molecule has 3 rings (SSSR count). The Morgan fingerprint density at radius 2 is 2.05 bits per heavy atom. The number of hydrogen-bond donors (Lipinski definition) is 0. The molecule has 2 heterocycles. The Balaban J connectivity index is 1.75. The highest BCUT2D eigenvalue weighted by Gasteiger charge is 2.39. The first-order chi connectivity index (χ1) is 10.7. The van der Waals surface area contributed by atoms with Gasteiger partial charge in [-0.2, -0.15) is 0 Å². The van der Waals surface area contributed by atoms with Crippen molar-refractivity contribution in [1.82, 2.24) is 9.55 Å². The zero-order valence-corrected chi connectivity index (χ0v) is 15.0. The maximum atomic E-state index is 4.20. The molecule has 0 bridgehead atoms. The van der Waals surface area contributed by atoms with Crippen molar-refractivity contribution in [3.05, 3.63) is 54.1 Å². The van der Waals surface area contributed by atoms with E-state index >= 15 is 0 Å². The number of aromatic nitrogens is 2. The van der Waals surface area contributed by atoms with E-state index in [9.17, 15) is 0 Å². The van der Waals surface area contributed by atoms with E-state index in [4.69, 9.17) is 0 Å². The highest BCUT2D eigenvalue weighted by atomic mass is 32.2. The van der Waals surface area contributed by atoms with Gasteiger partial charge in [-0.1, -0.05) is 44.5 Å². The first kappa shape index (κ1) is 16.0. The fourth-order valence-corrected chi connectivity index (χ4v) is 6.72. The van der Waals surface area contributed by atoms with Crippen LogP contribution in [0.2, 0.25) is 0 Å². The SMILES string of the molecule is CCCc1ccc(CC2(Cn3ccnc3)SCC(C)S2)cc1. The summed E-state index contributed by atoms with van der Waals surface area (Å²) in [6.07, 6.45) is 9.42. The lowest BCUT2D eigenvalue weighted by molar-refractivity contribution is 0.625. The Kier molecular flexibility index (Phi) is 5.19. The Morgan fingerprint density at radius 3 is 2.64 bits per heavy atom. The van der Waals surface area contributed by atoms with Crippen LogP contribution in [0, 0.1) is 0 Å². The van der Waals surface area contributed by atoms with E-state index in [2.05, 4.69) is 77.4 Å². The molecule has 118 valence electrons. The Hall–Kier alpha value is -0.870. The van der Waals surface area contributed by atoms with E-state index in [1.165, 1.54) is 29.7 Å². The van der Waals surface area contributed by atoms with E-state index in [1.807, 2.05) is 12.5 Å². The number of hydrogen-bond acceptors (Lipinski definition) is 3. The number of nitrogens with zero attached hydrogens (tertiary/aromatic N) is 2. The van der Waals surface area contributed by atoms with Gasteiger partial charge < -0.3 is 4.57 Å². The normalized spacial score (nSPS) is 24.7. The molecule has 0 N–H and O–H groups in total. The molecule has 1 aliphatic rings. The molecule has 1 aromatic heterocycles. The Labute approximate surface area is 142 Å². The lowest BCUT2D eigenvalue weighted by Gasteiger charge is -2.28. The van der Waals surface area contributed by atoms with Gasteiger partial charge in [0.2, 0.25) is 0 Å². The van der Waals surface area contributed by atoms with Gasteiger partial charge in [-0.3, -0.25) is 0 Å². The average molecular weight is 333 g/mol. The van der Waals surface area contributed by atoms with Crippen LogP contribution in [0.25, 0.3) is 0 Å². The summed E-state index contributed by atoms with van der Waals surface area (Å²) in [4.78, 5) is 4.20. The van der Waals surface area contributed by atoms with Crippen LogP contribution >= 0.6 is 23.5 Å². The van der Waals surface area contributed by atoms with Gasteiger partial charge in [-0.05, 0) is 24.0 Å². The maximum Gasteiger partial charge on any atom is 0.0946 e. The quantitative estimate of drug-likeness (QED) is 0.767. The van der Waals surface area contributed by atoms with Crippen molar-refractivity contribution in [2.24, 2.45) is 0 Å². The lowest BCUT2D eigenvalue weighted by atomic mass is 10.0. The van der Waals surface area contributed by atoms with Crippen LogP contribution in [0.3, 0.4) is 0 Å². The summed E-state index contributed by atoms with van der Waals surface area (Å²) >= 11 is 4.25. The monoisotopic (exact) mass is 332 g/mol. The third kappa shape index (κ3) is 3.90. The molecule has 2 unspecified atom stereocenters. The smallest absolute Gasteiger partial charge is 0.0946 e. The molecule has 4 heteroatoms. The van der Waals surface area contributed by atoms with Gasteiger partial charge >= 0.3 is 0 Å². The number of rotatable bonds is 6. The van der Waals surface area contributed by atoms with Crippen LogP contribution in [0.5, 0.6) is 0 Å². The fourth-order valence-electron chi connectivity index (χ4n) is 3.02. The predicted molar refractivity (Wildman–Crippen MR) is 98.6 cm³/mol. The largest absolute Gasteiger partial charge is 0.335 e. The zero-order valence-electron chi connectivity index (χ0n) is 13.4. The van der Waals surface area contributed by atoms with Crippen LogP contribution in [-0.2, 0) is 19.4 Å². The standard InChI is InChI=1S/C18H24N2S2/c1-3-4-16-5-7-17(8-6-16)11-18(21-12-15(2)22-18)13-20-10-9-19-14-20/h5-10,14-15H,3-4,11-13H2,1-2H3. The Morgan fingerprint density at radius 1 is 1.27 bits per heavy atom. The van der Waals surface area contributed by atoms with E-state index in [0.29, 0.717) is 0 Å².